The number of aromatic hydroxyl groups is 1. The van der Waals surface area contributed by atoms with Gasteiger partial charge in [0, 0.05) is 12.1 Å². The van der Waals surface area contributed by atoms with E-state index in [4.69, 9.17) is 18.9 Å². The number of ether oxygens (including phenoxy) is 4. The number of likely N-dealkylation sites (N-methyl/N-ethyl adjacent to an activating group) is 1. The largest absolute Gasteiger partial charge is 0.508 e. The van der Waals surface area contributed by atoms with E-state index >= 15 is 0 Å². The number of ketones is 1. The highest BCUT2D eigenvalue weighted by molar-refractivity contribution is 6.09. The van der Waals surface area contributed by atoms with Crippen LogP contribution in [0.15, 0.2) is 36.4 Å². The van der Waals surface area contributed by atoms with Crippen LogP contribution >= 0.6 is 0 Å². The highest BCUT2D eigenvalue weighted by Gasteiger charge is 2.16. The summed E-state index contributed by atoms with van der Waals surface area (Å²) in [6, 6.07) is 7.96. The molecule has 0 aliphatic carbocycles. The van der Waals surface area contributed by atoms with Gasteiger partial charge in [-0.1, -0.05) is 0 Å². The number of carbonyl (C=O) groups excluding carboxylic acids is 1. The van der Waals surface area contributed by atoms with Crippen molar-refractivity contribution in [3.8, 4) is 28.7 Å². The van der Waals surface area contributed by atoms with Crippen molar-refractivity contribution in [3.63, 3.8) is 0 Å². The molecule has 0 aromatic heterocycles. The van der Waals surface area contributed by atoms with E-state index in [0.717, 1.165) is 0 Å². The molecule has 0 heterocycles. The SMILES string of the molecule is COc1ccc(C=CC(=O)c2cc(O)ccc2OCCN(C)C)c(OC)c1OC. The minimum absolute atomic E-state index is 0.00888. The molecular formula is C22H27NO6. The summed E-state index contributed by atoms with van der Waals surface area (Å²) in [5, 5.41) is 9.80. The summed E-state index contributed by atoms with van der Waals surface area (Å²) in [5.74, 6) is 1.52. The fourth-order valence-corrected chi connectivity index (χ4v) is 2.69. The van der Waals surface area contributed by atoms with Crippen LogP contribution in [-0.2, 0) is 0 Å². The van der Waals surface area contributed by atoms with Crippen molar-refractivity contribution in [1.29, 1.82) is 0 Å². The van der Waals surface area contributed by atoms with Crippen LogP contribution in [0.5, 0.6) is 28.7 Å². The molecule has 29 heavy (non-hydrogen) atoms. The number of allylic oxidation sites excluding steroid dienone is 1. The van der Waals surface area contributed by atoms with Gasteiger partial charge in [0.2, 0.25) is 5.75 Å². The van der Waals surface area contributed by atoms with E-state index in [2.05, 4.69) is 0 Å². The zero-order valence-electron chi connectivity index (χ0n) is 17.4. The van der Waals surface area contributed by atoms with Gasteiger partial charge in [-0.3, -0.25) is 4.79 Å². The molecule has 0 spiro atoms. The van der Waals surface area contributed by atoms with E-state index in [0.29, 0.717) is 41.7 Å². The molecule has 0 aliphatic heterocycles. The minimum atomic E-state index is -0.308. The lowest BCUT2D eigenvalue weighted by molar-refractivity contribution is 0.104. The molecule has 0 amide bonds. The molecule has 1 N–H and O–H groups in total. The fraction of sp³-hybridized carbons (Fsp3) is 0.318. The maximum atomic E-state index is 12.8. The maximum absolute atomic E-state index is 12.8. The van der Waals surface area contributed by atoms with Crippen molar-refractivity contribution < 1.29 is 28.8 Å². The first-order chi connectivity index (χ1) is 13.9. The predicted molar refractivity (Wildman–Crippen MR) is 112 cm³/mol. The Hall–Kier alpha value is -3.19. The zero-order valence-corrected chi connectivity index (χ0v) is 17.4. The van der Waals surface area contributed by atoms with E-state index in [1.54, 1.807) is 24.3 Å². The molecule has 2 aromatic rings. The Morgan fingerprint density at radius 1 is 1.00 bits per heavy atom. The van der Waals surface area contributed by atoms with E-state index in [1.165, 1.54) is 39.5 Å². The van der Waals surface area contributed by atoms with Crippen molar-refractivity contribution in [2.75, 3.05) is 48.6 Å². The summed E-state index contributed by atoms with van der Waals surface area (Å²) in [6.45, 7) is 1.12. The second-order valence-electron chi connectivity index (χ2n) is 6.45. The van der Waals surface area contributed by atoms with Gasteiger partial charge in [-0.05, 0) is 56.6 Å². The van der Waals surface area contributed by atoms with E-state index in [9.17, 15) is 9.90 Å². The van der Waals surface area contributed by atoms with Gasteiger partial charge in [0.05, 0.1) is 26.9 Å². The number of carbonyl (C=O) groups is 1. The van der Waals surface area contributed by atoms with Gasteiger partial charge >= 0.3 is 0 Å². The Kier molecular flexibility index (Phi) is 7.91. The fourth-order valence-electron chi connectivity index (χ4n) is 2.69. The van der Waals surface area contributed by atoms with E-state index in [-0.39, 0.29) is 17.1 Å². The first-order valence-electron chi connectivity index (χ1n) is 9.03. The van der Waals surface area contributed by atoms with Gasteiger partial charge in [-0.15, -0.1) is 0 Å². The van der Waals surface area contributed by atoms with Gasteiger partial charge in [-0.2, -0.15) is 0 Å². The normalized spacial score (nSPS) is 11.0. The Labute approximate surface area is 171 Å². The summed E-state index contributed by atoms with van der Waals surface area (Å²) in [4.78, 5) is 14.8. The average molecular weight is 401 g/mol. The summed E-state index contributed by atoms with van der Waals surface area (Å²) >= 11 is 0. The second kappa shape index (κ2) is 10.4. The molecule has 0 saturated heterocycles. The summed E-state index contributed by atoms with van der Waals surface area (Å²) in [7, 11) is 8.44. The third-order valence-electron chi connectivity index (χ3n) is 4.17. The average Bonchev–Trinajstić information content (AvgIpc) is 2.71. The lowest BCUT2D eigenvalue weighted by Gasteiger charge is -2.14. The van der Waals surface area contributed by atoms with Crippen LogP contribution in [0.3, 0.4) is 0 Å². The first kappa shape index (κ1) is 22.1. The molecule has 0 fully saturated rings. The molecule has 0 atom stereocenters. The molecule has 7 nitrogen and oxygen atoms in total. The van der Waals surface area contributed by atoms with Gasteiger partial charge in [-0.25, -0.2) is 0 Å². The first-order valence-corrected chi connectivity index (χ1v) is 9.03. The van der Waals surface area contributed by atoms with Gasteiger partial charge in [0.15, 0.2) is 17.3 Å². The molecule has 156 valence electrons. The highest BCUT2D eigenvalue weighted by atomic mass is 16.5. The van der Waals surface area contributed by atoms with Crippen LogP contribution < -0.4 is 18.9 Å². The lowest BCUT2D eigenvalue weighted by atomic mass is 10.1. The number of rotatable bonds is 10. The molecule has 0 bridgehead atoms. The van der Waals surface area contributed by atoms with Crippen molar-refractivity contribution in [1.82, 2.24) is 4.90 Å². The number of hydrogen-bond donors (Lipinski definition) is 1. The van der Waals surface area contributed by atoms with E-state index < -0.39 is 0 Å². The minimum Gasteiger partial charge on any atom is -0.508 e. The number of benzene rings is 2. The van der Waals surface area contributed by atoms with Gasteiger partial charge in [0.25, 0.3) is 0 Å². The Morgan fingerprint density at radius 2 is 1.69 bits per heavy atom. The number of hydrogen-bond acceptors (Lipinski definition) is 7. The summed E-state index contributed by atoms with van der Waals surface area (Å²) in [5.41, 5.74) is 0.924. The van der Waals surface area contributed by atoms with Gasteiger partial charge < -0.3 is 29.0 Å². The summed E-state index contributed by atoms with van der Waals surface area (Å²) < 4.78 is 21.8. The molecule has 2 aromatic carbocycles. The Morgan fingerprint density at radius 3 is 2.31 bits per heavy atom. The smallest absolute Gasteiger partial charge is 0.203 e. The molecule has 0 radical (unpaired) electrons. The Bertz CT molecular complexity index is 876. The molecule has 0 unspecified atom stereocenters. The van der Waals surface area contributed by atoms with Gasteiger partial charge in [0.1, 0.15) is 18.1 Å². The molecule has 2 rings (SSSR count). The third kappa shape index (κ3) is 5.65. The van der Waals surface area contributed by atoms with Crippen LogP contribution in [-0.4, -0.2) is 64.4 Å². The molecule has 7 heteroatoms. The zero-order chi connectivity index (χ0) is 21.4. The van der Waals surface area contributed by atoms with Crippen molar-refractivity contribution in [2.24, 2.45) is 0 Å². The number of methoxy groups -OCH3 is 3. The van der Waals surface area contributed by atoms with E-state index in [1.807, 2.05) is 19.0 Å². The Balaban J connectivity index is 2.30. The lowest BCUT2D eigenvalue weighted by Crippen LogP contribution is -2.20. The highest BCUT2D eigenvalue weighted by Crippen LogP contribution is 2.40. The van der Waals surface area contributed by atoms with Crippen LogP contribution in [0.25, 0.3) is 6.08 Å². The maximum Gasteiger partial charge on any atom is 0.203 e. The van der Waals surface area contributed by atoms with Crippen LogP contribution in [0.2, 0.25) is 0 Å². The number of phenols is 1. The van der Waals surface area contributed by atoms with Crippen LogP contribution in [0, 0.1) is 0 Å². The monoisotopic (exact) mass is 401 g/mol. The predicted octanol–water partition coefficient (Wildman–Crippen LogP) is 3.25. The number of phenolic OH excluding ortho intramolecular Hbond substituents is 1. The van der Waals surface area contributed by atoms with Crippen molar-refractivity contribution in [2.45, 2.75) is 0 Å². The van der Waals surface area contributed by atoms with Crippen LogP contribution in [0.1, 0.15) is 15.9 Å². The molecule has 0 aliphatic rings. The molecule has 0 saturated carbocycles. The topological polar surface area (TPSA) is 77.5 Å². The summed E-state index contributed by atoms with van der Waals surface area (Å²) in [6.07, 6.45) is 3.02. The van der Waals surface area contributed by atoms with Crippen LogP contribution in [0.4, 0.5) is 0 Å². The van der Waals surface area contributed by atoms with Crippen molar-refractivity contribution >= 4 is 11.9 Å². The number of nitrogens with zero attached hydrogens (tertiary/aromatic N) is 1. The standard InChI is InChI=1S/C22H27NO6/c1-23(2)12-13-29-19-11-8-16(24)14-17(19)18(25)9-6-15-7-10-20(26-3)22(28-5)21(15)27-4/h6-11,14,24H,12-13H2,1-5H3. The molecular weight excluding hydrogens is 374 g/mol. The quantitative estimate of drug-likeness (QED) is 0.484. The third-order valence-corrected chi connectivity index (χ3v) is 4.17. The van der Waals surface area contributed by atoms with Crippen molar-refractivity contribution in [3.05, 3.63) is 47.5 Å². The second-order valence-corrected chi connectivity index (χ2v) is 6.45.